The zero-order chi connectivity index (χ0) is 13.5. The summed E-state index contributed by atoms with van der Waals surface area (Å²) in [7, 11) is 0. The minimum atomic E-state index is 0.0556. The maximum absolute atomic E-state index is 8.74. The molecule has 1 aromatic heterocycles. The van der Waals surface area contributed by atoms with E-state index in [4.69, 9.17) is 10.9 Å². The predicted octanol–water partition coefficient (Wildman–Crippen LogP) is 1.11. The highest BCUT2D eigenvalue weighted by Gasteiger charge is 2.14. The normalized spacial score (nSPS) is 20.4. The lowest BCUT2D eigenvalue weighted by Gasteiger charge is -2.21. The van der Waals surface area contributed by atoms with Gasteiger partial charge in [0.2, 0.25) is 0 Å². The van der Waals surface area contributed by atoms with E-state index in [-0.39, 0.29) is 5.84 Å². The number of rotatable bonds is 5. The molecule has 0 aliphatic carbocycles. The Bertz CT molecular complexity index is 435. The summed E-state index contributed by atoms with van der Waals surface area (Å²) in [6.45, 7) is 1.66. The van der Waals surface area contributed by atoms with Crippen molar-refractivity contribution in [2.75, 3.05) is 23.8 Å². The molecule has 1 aromatic rings. The van der Waals surface area contributed by atoms with Crippen molar-refractivity contribution in [2.45, 2.75) is 11.8 Å². The summed E-state index contributed by atoms with van der Waals surface area (Å²) >= 11 is 4.04. The monoisotopic (exact) mass is 298 g/mol. The average Bonchev–Trinajstić information content (AvgIpc) is 2.48. The topological polar surface area (TPSA) is 83.5 Å². The number of nitrogens with one attached hydrogen (secondary N) is 1. The molecular weight excluding hydrogens is 280 g/mol. The fourth-order valence-electron chi connectivity index (χ4n) is 1.88. The summed E-state index contributed by atoms with van der Waals surface area (Å²) in [6.07, 6.45) is 1.64. The molecule has 5 nitrogen and oxygen atoms in total. The highest BCUT2D eigenvalue weighted by atomic mass is 32.2. The molecule has 0 saturated carbocycles. The van der Waals surface area contributed by atoms with Crippen LogP contribution in [0, 0.1) is 0 Å². The van der Waals surface area contributed by atoms with Crippen LogP contribution in [-0.4, -0.2) is 45.1 Å². The Morgan fingerprint density at radius 2 is 2.47 bits per heavy atom. The molecule has 4 N–H and O–H groups in total. The van der Waals surface area contributed by atoms with Gasteiger partial charge >= 0.3 is 0 Å². The number of amidine groups is 1. The van der Waals surface area contributed by atoms with Crippen molar-refractivity contribution in [1.29, 1.82) is 0 Å². The third-order valence-corrected chi connectivity index (χ3v) is 5.66. The number of hydrogen-bond acceptors (Lipinski definition) is 6. The molecule has 1 unspecified atom stereocenters. The Morgan fingerprint density at radius 1 is 1.58 bits per heavy atom. The molecule has 1 atom stereocenters. The van der Waals surface area contributed by atoms with Crippen LogP contribution in [-0.2, 0) is 6.54 Å². The quantitative estimate of drug-likeness (QED) is 0.327. The molecule has 2 rings (SSSR count). The van der Waals surface area contributed by atoms with Crippen LogP contribution in [0.15, 0.2) is 23.5 Å². The smallest absolute Gasteiger partial charge is 0.189 e. The average molecular weight is 298 g/mol. The summed E-state index contributed by atoms with van der Waals surface area (Å²) in [5.74, 6) is 3.76. The van der Waals surface area contributed by atoms with Gasteiger partial charge in [-0.05, 0) is 11.6 Å². The lowest BCUT2D eigenvalue weighted by molar-refractivity contribution is 0.318. The number of thioether (sulfide) groups is 2. The van der Waals surface area contributed by atoms with E-state index in [0.29, 0.717) is 17.5 Å². The Labute approximate surface area is 121 Å². The number of oxime groups is 1. The molecule has 0 aromatic carbocycles. The fourth-order valence-corrected chi connectivity index (χ4v) is 4.53. The van der Waals surface area contributed by atoms with E-state index < -0.39 is 0 Å². The highest BCUT2D eigenvalue weighted by molar-refractivity contribution is 8.06. The number of aromatic nitrogens is 1. The zero-order valence-corrected chi connectivity index (χ0v) is 12.2. The van der Waals surface area contributed by atoms with Gasteiger partial charge in [0.15, 0.2) is 5.84 Å². The second-order valence-corrected chi connectivity index (χ2v) is 6.75. The summed E-state index contributed by atoms with van der Waals surface area (Å²) in [4.78, 5) is 4.15. The first-order valence-electron chi connectivity index (χ1n) is 6.13. The predicted molar refractivity (Wildman–Crippen MR) is 82.0 cm³/mol. The Hall–Kier alpha value is -0.920. The molecule has 104 valence electrons. The van der Waals surface area contributed by atoms with E-state index >= 15 is 0 Å². The van der Waals surface area contributed by atoms with Gasteiger partial charge in [0.05, 0.1) is 0 Å². The third-order valence-electron chi connectivity index (χ3n) is 2.81. The van der Waals surface area contributed by atoms with Crippen molar-refractivity contribution in [1.82, 2.24) is 10.3 Å². The Kier molecular flexibility index (Phi) is 5.81. The summed E-state index contributed by atoms with van der Waals surface area (Å²) < 4.78 is 0. The molecule has 2 heterocycles. The molecular formula is C12H18N4OS2. The zero-order valence-electron chi connectivity index (χ0n) is 10.6. The van der Waals surface area contributed by atoms with E-state index in [1.807, 2.05) is 35.7 Å². The molecule has 0 amide bonds. The van der Waals surface area contributed by atoms with Crippen LogP contribution in [0.1, 0.15) is 11.3 Å². The lowest BCUT2D eigenvalue weighted by Crippen LogP contribution is -2.29. The largest absolute Gasteiger partial charge is 0.409 e. The molecule has 19 heavy (non-hydrogen) atoms. The van der Waals surface area contributed by atoms with E-state index in [1.54, 1.807) is 6.20 Å². The van der Waals surface area contributed by atoms with Crippen molar-refractivity contribution in [3.63, 3.8) is 0 Å². The third kappa shape index (κ3) is 4.29. The first-order valence-corrected chi connectivity index (χ1v) is 8.33. The van der Waals surface area contributed by atoms with Crippen LogP contribution in [0.5, 0.6) is 0 Å². The summed E-state index contributed by atoms with van der Waals surface area (Å²) in [6, 6.07) is 3.80. The molecule has 1 aliphatic heterocycles. The molecule has 0 spiro atoms. The fraction of sp³-hybridized carbons (Fsp3) is 0.500. The van der Waals surface area contributed by atoms with Crippen LogP contribution in [0.4, 0.5) is 0 Å². The van der Waals surface area contributed by atoms with E-state index in [0.717, 1.165) is 12.1 Å². The molecule has 1 aliphatic rings. The van der Waals surface area contributed by atoms with Crippen LogP contribution in [0.3, 0.4) is 0 Å². The van der Waals surface area contributed by atoms with Crippen LogP contribution >= 0.6 is 23.5 Å². The van der Waals surface area contributed by atoms with Gasteiger partial charge < -0.3 is 16.3 Å². The second-order valence-electron chi connectivity index (χ2n) is 4.19. The Morgan fingerprint density at radius 3 is 3.21 bits per heavy atom. The standard InChI is InChI=1S/C12H18N4OS2/c13-12(16-17)11-9(2-1-3-15-11)6-14-7-10-8-18-4-5-19-10/h1-3,10,14,17H,4-8H2,(H2,13,16). The number of hydrogen-bond donors (Lipinski definition) is 3. The van der Waals surface area contributed by atoms with Gasteiger partial charge in [0.25, 0.3) is 0 Å². The number of pyridine rings is 1. The summed E-state index contributed by atoms with van der Waals surface area (Å²) in [5, 5.41) is 15.8. The van der Waals surface area contributed by atoms with Gasteiger partial charge in [0.1, 0.15) is 5.69 Å². The second kappa shape index (κ2) is 7.62. The highest BCUT2D eigenvalue weighted by Crippen LogP contribution is 2.23. The molecule has 1 saturated heterocycles. The van der Waals surface area contributed by atoms with Crippen molar-refractivity contribution in [2.24, 2.45) is 10.9 Å². The van der Waals surface area contributed by atoms with Crippen molar-refractivity contribution in [3.8, 4) is 0 Å². The molecule has 0 radical (unpaired) electrons. The SMILES string of the molecule is N/C(=N/O)c1ncccc1CNCC1CSCCS1. The first kappa shape index (κ1) is 14.5. The van der Waals surface area contributed by atoms with E-state index in [9.17, 15) is 0 Å². The maximum atomic E-state index is 8.74. The van der Waals surface area contributed by atoms with Gasteiger partial charge in [-0.1, -0.05) is 11.2 Å². The van der Waals surface area contributed by atoms with Gasteiger partial charge in [0, 0.05) is 41.8 Å². The van der Waals surface area contributed by atoms with E-state index in [1.165, 1.54) is 17.3 Å². The first-order chi connectivity index (χ1) is 9.31. The number of nitrogens with two attached hydrogens (primary N) is 1. The van der Waals surface area contributed by atoms with Crippen molar-refractivity contribution >= 4 is 29.4 Å². The van der Waals surface area contributed by atoms with E-state index in [2.05, 4.69) is 15.5 Å². The van der Waals surface area contributed by atoms with Crippen molar-refractivity contribution < 1.29 is 5.21 Å². The van der Waals surface area contributed by atoms with Crippen LogP contribution < -0.4 is 11.1 Å². The van der Waals surface area contributed by atoms with Crippen LogP contribution in [0.2, 0.25) is 0 Å². The van der Waals surface area contributed by atoms with Crippen LogP contribution in [0.25, 0.3) is 0 Å². The van der Waals surface area contributed by atoms with Gasteiger partial charge in [-0.3, -0.25) is 4.98 Å². The minimum Gasteiger partial charge on any atom is -0.409 e. The molecule has 7 heteroatoms. The van der Waals surface area contributed by atoms with Gasteiger partial charge in [-0.15, -0.1) is 0 Å². The van der Waals surface area contributed by atoms with Gasteiger partial charge in [-0.25, -0.2) is 0 Å². The maximum Gasteiger partial charge on any atom is 0.189 e. The number of nitrogens with zero attached hydrogens (tertiary/aromatic N) is 2. The molecule has 1 fully saturated rings. The lowest BCUT2D eigenvalue weighted by atomic mass is 10.2. The minimum absolute atomic E-state index is 0.0556. The van der Waals surface area contributed by atoms with Gasteiger partial charge in [-0.2, -0.15) is 23.5 Å². The summed E-state index contributed by atoms with van der Waals surface area (Å²) in [5.41, 5.74) is 7.11. The molecule has 0 bridgehead atoms. The van der Waals surface area contributed by atoms with Crippen molar-refractivity contribution in [3.05, 3.63) is 29.6 Å². The Balaban J connectivity index is 1.88.